The summed E-state index contributed by atoms with van der Waals surface area (Å²) in [5.74, 6) is -1.05. The van der Waals surface area contributed by atoms with E-state index in [1.54, 1.807) is 48.5 Å². The molecular weight excluding hydrogens is 508 g/mol. The molecule has 3 aromatic carbocycles. The number of allylic oxidation sites excluding steroid dienone is 1. The first-order valence-electron chi connectivity index (χ1n) is 11.8. The summed E-state index contributed by atoms with van der Waals surface area (Å²) in [6, 6.07) is 20.9. The lowest BCUT2D eigenvalue weighted by molar-refractivity contribution is -0.117. The van der Waals surface area contributed by atoms with E-state index in [1.165, 1.54) is 22.3 Å². The number of benzene rings is 3. The number of hydrogen-bond donors (Lipinski definition) is 1. The monoisotopic (exact) mass is 530 g/mol. The maximum Gasteiger partial charge on any atom is 0.296 e. The summed E-state index contributed by atoms with van der Waals surface area (Å²) in [5.41, 5.74) is 2.14. The normalized spacial score (nSPS) is 15.8. The highest BCUT2D eigenvalue weighted by molar-refractivity contribution is 7.22. The fraction of sp³-hybridized carbons (Fsp3) is 0.138. The minimum absolute atomic E-state index is 0.00306. The highest BCUT2D eigenvalue weighted by Crippen LogP contribution is 2.44. The molecule has 6 nitrogen and oxygen atoms in total. The van der Waals surface area contributed by atoms with E-state index in [4.69, 9.17) is 16.3 Å². The number of ether oxygens (including phenoxy) is 1. The first-order chi connectivity index (χ1) is 18.0. The number of rotatable bonds is 8. The van der Waals surface area contributed by atoms with Gasteiger partial charge in [0.25, 0.3) is 5.91 Å². The summed E-state index contributed by atoms with van der Waals surface area (Å²) < 4.78 is 6.49. The van der Waals surface area contributed by atoms with Crippen LogP contribution in [0.15, 0.2) is 90.2 Å². The summed E-state index contributed by atoms with van der Waals surface area (Å²) in [6.07, 6.45) is 3.91. The van der Waals surface area contributed by atoms with Gasteiger partial charge in [0.1, 0.15) is 5.75 Å². The quantitative estimate of drug-likeness (QED) is 0.250. The molecule has 1 aromatic heterocycles. The number of amides is 1. The first kappa shape index (κ1) is 24.7. The molecule has 1 N–H and O–H groups in total. The number of halogens is 1. The molecule has 4 aromatic rings. The first-order valence-corrected chi connectivity index (χ1v) is 13.0. The van der Waals surface area contributed by atoms with Crippen LogP contribution < -0.4 is 9.64 Å². The molecular formula is C29H23ClN2O4S. The van der Waals surface area contributed by atoms with Crippen molar-refractivity contribution < 1.29 is 19.4 Å². The second kappa shape index (κ2) is 10.6. The highest BCUT2D eigenvalue weighted by Gasteiger charge is 2.45. The number of nitrogens with zero attached hydrogens (tertiary/aromatic N) is 2. The number of anilines is 1. The van der Waals surface area contributed by atoms with E-state index < -0.39 is 23.5 Å². The van der Waals surface area contributed by atoms with Gasteiger partial charge < -0.3 is 9.84 Å². The Balaban J connectivity index is 1.57. The van der Waals surface area contributed by atoms with Gasteiger partial charge in [-0.1, -0.05) is 78.4 Å². The molecule has 2 heterocycles. The average molecular weight is 531 g/mol. The third-order valence-corrected chi connectivity index (χ3v) is 7.17. The van der Waals surface area contributed by atoms with Gasteiger partial charge in [-0.15, -0.1) is 0 Å². The van der Waals surface area contributed by atoms with Gasteiger partial charge in [-0.25, -0.2) is 4.98 Å². The van der Waals surface area contributed by atoms with E-state index in [0.717, 1.165) is 16.7 Å². The molecule has 1 aliphatic heterocycles. The Bertz CT molecular complexity index is 1530. The third-order valence-electron chi connectivity index (χ3n) is 5.91. The van der Waals surface area contributed by atoms with Gasteiger partial charge in [0.15, 0.2) is 16.7 Å². The second-order valence-electron chi connectivity index (χ2n) is 8.47. The van der Waals surface area contributed by atoms with E-state index in [0.29, 0.717) is 33.6 Å². The number of ketones is 1. The number of carbonyl (C=O) groups excluding carboxylic acids is 2. The Kier molecular flexibility index (Phi) is 7.08. The molecule has 0 aliphatic carbocycles. The van der Waals surface area contributed by atoms with Gasteiger partial charge in [0.2, 0.25) is 0 Å². The summed E-state index contributed by atoms with van der Waals surface area (Å²) in [5, 5.41) is 11.9. The average Bonchev–Trinajstić information content (AvgIpc) is 3.44. The van der Waals surface area contributed by atoms with Crippen molar-refractivity contribution in [2.75, 3.05) is 11.5 Å². The van der Waals surface area contributed by atoms with Crippen LogP contribution in [0.4, 0.5) is 5.13 Å². The Morgan fingerprint density at radius 3 is 2.62 bits per heavy atom. The fourth-order valence-corrected chi connectivity index (χ4v) is 5.42. The number of aliphatic hydroxyl groups is 1. The van der Waals surface area contributed by atoms with Crippen molar-refractivity contribution in [1.29, 1.82) is 0 Å². The predicted molar refractivity (Wildman–Crippen MR) is 147 cm³/mol. The van der Waals surface area contributed by atoms with Gasteiger partial charge in [0, 0.05) is 5.02 Å². The van der Waals surface area contributed by atoms with E-state index in [2.05, 4.69) is 4.98 Å². The van der Waals surface area contributed by atoms with E-state index in [1.807, 2.05) is 37.3 Å². The van der Waals surface area contributed by atoms with Crippen molar-refractivity contribution in [1.82, 2.24) is 4.98 Å². The van der Waals surface area contributed by atoms with Gasteiger partial charge >= 0.3 is 0 Å². The minimum atomic E-state index is -0.864. The molecule has 37 heavy (non-hydrogen) atoms. The Morgan fingerprint density at radius 1 is 1.14 bits per heavy atom. The molecule has 186 valence electrons. The van der Waals surface area contributed by atoms with Gasteiger partial charge in [0.05, 0.1) is 28.4 Å². The van der Waals surface area contributed by atoms with Gasteiger partial charge in [-0.05, 0) is 54.0 Å². The van der Waals surface area contributed by atoms with Crippen molar-refractivity contribution in [2.45, 2.75) is 19.4 Å². The molecule has 1 amide bonds. The fourth-order valence-electron chi connectivity index (χ4n) is 4.15. The molecule has 0 spiro atoms. The predicted octanol–water partition coefficient (Wildman–Crippen LogP) is 6.92. The van der Waals surface area contributed by atoms with E-state index in [9.17, 15) is 14.7 Å². The zero-order chi connectivity index (χ0) is 25.9. The maximum absolute atomic E-state index is 13.4. The molecule has 5 rings (SSSR count). The zero-order valence-electron chi connectivity index (χ0n) is 19.9. The van der Waals surface area contributed by atoms with E-state index >= 15 is 0 Å². The molecule has 0 saturated heterocycles. The van der Waals surface area contributed by atoms with Crippen LogP contribution >= 0.6 is 22.9 Å². The van der Waals surface area contributed by atoms with Crippen LogP contribution in [0.5, 0.6) is 5.75 Å². The van der Waals surface area contributed by atoms with Crippen LogP contribution in [0.2, 0.25) is 5.02 Å². The smallest absolute Gasteiger partial charge is 0.296 e. The highest BCUT2D eigenvalue weighted by atomic mass is 35.5. The van der Waals surface area contributed by atoms with Crippen LogP contribution in [-0.4, -0.2) is 28.4 Å². The van der Waals surface area contributed by atoms with Crippen LogP contribution in [0.1, 0.15) is 30.5 Å². The third kappa shape index (κ3) is 5.01. The molecule has 0 fully saturated rings. The number of thiazole rings is 1. The van der Waals surface area contributed by atoms with Gasteiger partial charge in [-0.3, -0.25) is 14.5 Å². The molecule has 1 aliphatic rings. The lowest BCUT2D eigenvalue weighted by Gasteiger charge is -2.24. The number of aromatic nitrogens is 1. The molecule has 8 heteroatoms. The lowest BCUT2D eigenvalue weighted by atomic mass is 9.95. The molecule has 0 saturated carbocycles. The molecule has 0 bridgehead atoms. The van der Waals surface area contributed by atoms with Crippen LogP contribution in [0.25, 0.3) is 16.3 Å². The summed E-state index contributed by atoms with van der Waals surface area (Å²) in [6.45, 7) is 2.60. The zero-order valence-corrected chi connectivity index (χ0v) is 21.5. The standard InChI is InChI=1S/C29H23ClN2O4S/c1-2-16-36-21-12-9-19(10-13-21)26-25(23(33)15-8-18-6-4-3-5-7-18)27(34)28(35)32(26)29-31-22-14-11-20(30)17-24(22)37-29/h3-15,17,26,34H,2,16H2,1H3/b15-8+. The van der Waals surface area contributed by atoms with Crippen molar-refractivity contribution in [3.05, 3.63) is 106 Å². The number of carbonyl (C=O) groups is 2. The van der Waals surface area contributed by atoms with E-state index in [-0.39, 0.29) is 5.57 Å². The Labute approximate surface area is 223 Å². The van der Waals surface area contributed by atoms with Crippen molar-refractivity contribution in [3.8, 4) is 5.75 Å². The lowest BCUT2D eigenvalue weighted by Crippen LogP contribution is -2.30. The van der Waals surface area contributed by atoms with Crippen molar-refractivity contribution >= 4 is 56.1 Å². The van der Waals surface area contributed by atoms with Crippen LogP contribution in [-0.2, 0) is 9.59 Å². The molecule has 1 unspecified atom stereocenters. The summed E-state index contributed by atoms with van der Waals surface area (Å²) >= 11 is 7.42. The minimum Gasteiger partial charge on any atom is -0.503 e. The number of fused-ring (bicyclic) bond motifs is 1. The Hall–Kier alpha value is -3.94. The van der Waals surface area contributed by atoms with Crippen molar-refractivity contribution in [3.63, 3.8) is 0 Å². The number of aliphatic hydroxyl groups excluding tert-OH is 1. The SMILES string of the molecule is CCCOc1ccc(C2C(C(=O)/C=C/c3ccccc3)=C(O)C(=O)N2c2nc3ccc(Cl)cc3s2)cc1. The number of hydrogen-bond acceptors (Lipinski definition) is 6. The Morgan fingerprint density at radius 2 is 1.89 bits per heavy atom. The summed E-state index contributed by atoms with van der Waals surface area (Å²) in [7, 11) is 0. The largest absolute Gasteiger partial charge is 0.503 e. The maximum atomic E-state index is 13.4. The summed E-state index contributed by atoms with van der Waals surface area (Å²) in [4.78, 5) is 32.8. The molecule has 1 atom stereocenters. The topological polar surface area (TPSA) is 79.7 Å². The second-order valence-corrected chi connectivity index (χ2v) is 9.92. The van der Waals surface area contributed by atoms with Crippen LogP contribution in [0, 0.1) is 0 Å². The van der Waals surface area contributed by atoms with Crippen LogP contribution in [0.3, 0.4) is 0 Å². The van der Waals surface area contributed by atoms with Crippen molar-refractivity contribution in [2.24, 2.45) is 0 Å². The molecule has 0 radical (unpaired) electrons. The van der Waals surface area contributed by atoms with Gasteiger partial charge in [-0.2, -0.15) is 0 Å².